The number of para-hydroxylation sites is 1. The fourth-order valence-electron chi connectivity index (χ4n) is 3.87. The molecule has 1 saturated heterocycles. The molecule has 0 amide bonds. The number of carbonyl (C=O) groups excluding carboxylic acids is 1. The Labute approximate surface area is 159 Å². The molecule has 1 aliphatic carbocycles. The maximum absolute atomic E-state index is 10.5. The smallest absolute Gasteiger partial charge is 0.212 e. The second kappa shape index (κ2) is 7.49. The van der Waals surface area contributed by atoms with Gasteiger partial charge in [-0.15, -0.1) is 0 Å². The number of pyridine rings is 1. The van der Waals surface area contributed by atoms with Crippen molar-refractivity contribution in [3.63, 3.8) is 0 Å². The summed E-state index contributed by atoms with van der Waals surface area (Å²) < 4.78 is 7.35. The molecule has 2 unspecified atom stereocenters. The van der Waals surface area contributed by atoms with Crippen molar-refractivity contribution >= 4 is 16.9 Å². The molecule has 2 atom stereocenters. The van der Waals surface area contributed by atoms with E-state index in [-0.39, 0.29) is 6.10 Å². The van der Waals surface area contributed by atoms with Crippen LogP contribution in [0.2, 0.25) is 0 Å². The number of aliphatic carboxylic acids is 1. The molecule has 0 bridgehead atoms. The van der Waals surface area contributed by atoms with E-state index in [4.69, 9.17) is 4.74 Å². The van der Waals surface area contributed by atoms with Crippen molar-refractivity contribution in [2.45, 2.75) is 43.9 Å². The summed E-state index contributed by atoms with van der Waals surface area (Å²) in [6, 6.07) is 23.3. The summed E-state index contributed by atoms with van der Waals surface area (Å²) in [5, 5.41) is 11.8. The first kappa shape index (κ1) is 17.7. The van der Waals surface area contributed by atoms with Crippen LogP contribution in [-0.2, 0) is 16.1 Å². The highest BCUT2D eigenvalue weighted by Gasteiger charge is 2.58. The lowest BCUT2D eigenvalue weighted by Gasteiger charge is -2.17. The lowest BCUT2D eigenvalue weighted by molar-refractivity contribution is -0.662. The zero-order valence-electron chi connectivity index (χ0n) is 15.2. The molecule has 27 heavy (non-hydrogen) atoms. The first-order valence-electron chi connectivity index (χ1n) is 9.49. The molecule has 5 rings (SSSR count). The highest BCUT2D eigenvalue weighted by molar-refractivity contribution is 5.79. The van der Waals surface area contributed by atoms with Crippen LogP contribution in [-0.4, -0.2) is 17.7 Å². The zero-order chi connectivity index (χ0) is 18.7. The minimum absolute atomic E-state index is 0.0220. The molecule has 138 valence electrons. The van der Waals surface area contributed by atoms with Gasteiger partial charge in [-0.3, -0.25) is 0 Å². The van der Waals surface area contributed by atoms with Gasteiger partial charge < -0.3 is 14.6 Å². The first-order valence-corrected chi connectivity index (χ1v) is 9.49. The summed E-state index contributed by atoms with van der Waals surface area (Å²) in [6.45, 7) is 0.919. The zero-order valence-corrected chi connectivity index (χ0v) is 15.2. The minimum Gasteiger partial charge on any atom is -0.547 e. The van der Waals surface area contributed by atoms with E-state index in [9.17, 15) is 9.90 Å². The van der Waals surface area contributed by atoms with Gasteiger partial charge in [0.25, 0.3) is 0 Å². The van der Waals surface area contributed by atoms with Crippen molar-refractivity contribution in [2.75, 3.05) is 0 Å². The van der Waals surface area contributed by atoms with Gasteiger partial charge in [0.2, 0.25) is 5.52 Å². The number of carbonyl (C=O) groups is 1. The number of carboxylic acids is 1. The van der Waals surface area contributed by atoms with Crippen LogP contribution in [0.5, 0.6) is 0 Å². The summed E-state index contributed by atoms with van der Waals surface area (Å²) in [6.07, 6.45) is 5.72. The number of epoxide rings is 1. The molecular weight excluding hydrogens is 338 g/mol. The lowest BCUT2D eigenvalue weighted by atomic mass is 9.89. The maximum Gasteiger partial charge on any atom is 0.212 e. The molecule has 1 aliphatic heterocycles. The molecule has 4 heteroatoms. The highest BCUT2D eigenvalue weighted by atomic mass is 16.6. The predicted octanol–water partition coefficient (Wildman–Crippen LogP) is 2.62. The van der Waals surface area contributed by atoms with E-state index in [1.54, 1.807) is 0 Å². The molecule has 0 radical (unpaired) electrons. The summed E-state index contributed by atoms with van der Waals surface area (Å²) in [5.74, 6) is -1.02. The molecule has 4 nitrogen and oxygen atoms in total. The van der Waals surface area contributed by atoms with Crippen molar-refractivity contribution in [3.8, 4) is 0 Å². The molecule has 2 fully saturated rings. The van der Waals surface area contributed by atoms with Gasteiger partial charge in [-0.1, -0.05) is 48.9 Å². The third-order valence-corrected chi connectivity index (χ3v) is 5.41. The average Bonchev–Trinajstić information content (AvgIpc) is 3.46. The number of rotatable bonds is 3. The number of nitrogens with zero attached hydrogens (tertiary/aromatic N) is 1. The Balaban J connectivity index is 0.000000153. The van der Waals surface area contributed by atoms with E-state index in [2.05, 4.69) is 77.5 Å². The quantitative estimate of drug-likeness (QED) is 0.532. The number of benzene rings is 2. The average molecular weight is 361 g/mol. The van der Waals surface area contributed by atoms with E-state index in [0.29, 0.717) is 6.42 Å². The minimum atomic E-state index is -1.02. The van der Waals surface area contributed by atoms with Crippen LogP contribution in [0.1, 0.15) is 31.2 Å². The van der Waals surface area contributed by atoms with Crippen LogP contribution >= 0.6 is 0 Å². The fraction of sp³-hybridized carbons (Fsp3) is 0.304. The maximum atomic E-state index is 10.5. The molecule has 2 aromatic carbocycles. The van der Waals surface area contributed by atoms with Crippen LogP contribution in [0.25, 0.3) is 10.9 Å². The van der Waals surface area contributed by atoms with Gasteiger partial charge >= 0.3 is 0 Å². The van der Waals surface area contributed by atoms with Gasteiger partial charge in [-0.2, -0.15) is 4.57 Å². The number of carboxylic acid groups (broad SMARTS) is 1. The Kier molecular flexibility index (Phi) is 4.90. The normalized spacial score (nSPS) is 23.0. The van der Waals surface area contributed by atoms with Gasteiger partial charge in [-0.25, -0.2) is 0 Å². The van der Waals surface area contributed by atoms with E-state index in [1.807, 2.05) is 0 Å². The molecule has 3 aromatic rings. The van der Waals surface area contributed by atoms with E-state index in [0.717, 1.165) is 25.8 Å². The van der Waals surface area contributed by atoms with Crippen LogP contribution in [0.3, 0.4) is 0 Å². The first-order chi connectivity index (χ1) is 13.2. The van der Waals surface area contributed by atoms with Gasteiger partial charge in [0, 0.05) is 23.1 Å². The third-order valence-electron chi connectivity index (χ3n) is 5.41. The van der Waals surface area contributed by atoms with Crippen LogP contribution in [0, 0.1) is 0 Å². The Morgan fingerprint density at radius 1 is 1.04 bits per heavy atom. The summed E-state index contributed by atoms with van der Waals surface area (Å²) in [4.78, 5) is 10.5. The Morgan fingerprint density at radius 3 is 2.52 bits per heavy atom. The van der Waals surface area contributed by atoms with Crippen molar-refractivity contribution in [2.24, 2.45) is 0 Å². The Bertz CT molecular complexity index is 935. The van der Waals surface area contributed by atoms with Crippen molar-refractivity contribution in [3.05, 3.63) is 78.5 Å². The monoisotopic (exact) mass is 361 g/mol. The third kappa shape index (κ3) is 3.71. The number of fused-ring (bicyclic) bond motifs is 2. The molecular formula is C23H23NO3. The molecule has 2 aliphatic rings. The number of hydrogen-bond acceptors (Lipinski definition) is 3. The van der Waals surface area contributed by atoms with Crippen molar-refractivity contribution in [1.29, 1.82) is 0 Å². The standard InChI is InChI=1S/C16H14N.C7H10O3/c1-2-7-14(8-3-1)13-17-12-6-10-15-9-4-5-11-16(15)17;8-6(9)7-4-2-1-3-5(7)10-7/h1-12H,13H2;5H,1-4H2,(H,8,9)/q+1;/p-1. The van der Waals surface area contributed by atoms with Crippen molar-refractivity contribution in [1.82, 2.24) is 0 Å². The van der Waals surface area contributed by atoms with Crippen LogP contribution in [0.15, 0.2) is 72.9 Å². The van der Waals surface area contributed by atoms with Crippen LogP contribution < -0.4 is 9.67 Å². The molecule has 2 heterocycles. The highest BCUT2D eigenvalue weighted by Crippen LogP contribution is 2.47. The van der Waals surface area contributed by atoms with Gasteiger partial charge in [0.05, 0.1) is 12.1 Å². The predicted molar refractivity (Wildman–Crippen MR) is 101 cm³/mol. The molecule has 1 aromatic heterocycles. The van der Waals surface area contributed by atoms with Gasteiger partial charge in [0.15, 0.2) is 12.7 Å². The van der Waals surface area contributed by atoms with Gasteiger partial charge in [-0.05, 0) is 31.4 Å². The van der Waals surface area contributed by atoms with E-state index < -0.39 is 11.6 Å². The fourth-order valence-corrected chi connectivity index (χ4v) is 3.87. The van der Waals surface area contributed by atoms with Crippen molar-refractivity contribution < 1.29 is 19.2 Å². The van der Waals surface area contributed by atoms with Gasteiger partial charge in [0.1, 0.15) is 5.60 Å². The van der Waals surface area contributed by atoms with E-state index >= 15 is 0 Å². The largest absolute Gasteiger partial charge is 0.547 e. The Hall–Kier alpha value is -2.72. The second-order valence-electron chi connectivity index (χ2n) is 7.21. The number of aromatic nitrogens is 1. The second-order valence-corrected chi connectivity index (χ2v) is 7.21. The summed E-state index contributed by atoms with van der Waals surface area (Å²) in [7, 11) is 0. The molecule has 0 spiro atoms. The SMILES string of the molecule is O=C([O-])C12CCCCC1O2.c1ccc(C[n+]2cccc3ccccc32)cc1. The molecule has 0 N–H and O–H groups in total. The Morgan fingerprint density at radius 2 is 1.78 bits per heavy atom. The molecule has 1 saturated carbocycles. The number of hydrogen-bond donors (Lipinski definition) is 0. The van der Waals surface area contributed by atoms with E-state index in [1.165, 1.54) is 16.5 Å². The number of ether oxygens (including phenoxy) is 1. The topological polar surface area (TPSA) is 56.5 Å². The van der Waals surface area contributed by atoms with Crippen LogP contribution in [0.4, 0.5) is 0 Å². The summed E-state index contributed by atoms with van der Waals surface area (Å²) >= 11 is 0. The summed E-state index contributed by atoms with van der Waals surface area (Å²) in [5.41, 5.74) is 1.76. The lowest BCUT2D eigenvalue weighted by Crippen LogP contribution is -2.41.